The van der Waals surface area contributed by atoms with Gasteiger partial charge in [0.15, 0.2) is 11.5 Å². The second-order valence-corrected chi connectivity index (χ2v) is 7.72. The van der Waals surface area contributed by atoms with Gasteiger partial charge in [-0.2, -0.15) is 0 Å². The molecular weight excluding hydrogens is 406 g/mol. The molecule has 0 saturated carbocycles. The summed E-state index contributed by atoms with van der Waals surface area (Å²) < 4.78 is 22.3. The quantitative estimate of drug-likeness (QED) is 0.543. The predicted molar refractivity (Wildman–Crippen MR) is 113 cm³/mol. The highest BCUT2D eigenvalue weighted by Crippen LogP contribution is 2.33. The number of ether oxygens (including phenoxy) is 3. The fraction of sp³-hybridized carbons (Fsp3) is 0.304. The van der Waals surface area contributed by atoms with E-state index in [1.54, 1.807) is 24.3 Å². The maximum absolute atomic E-state index is 10.6. The van der Waals surface area contributed by atoms with E-state index in [1.807, 2.05) is 37.3 Å². The number of hydrogen-bond donors (Lipinski definition) is 1. The highest BCUT2D eigenvalue weighted by molar-refractivity contribution is 6.30. The van der Waals surface area contributed by atoms with E-state index < -0.39 is 6.10 Å². The summed E-state index contributed by atoms with van der Waals surface area (Å²) in [6.07, 6.45) is -0.675. The van der Waals surface area contributed by atoms with Crippen molar-refractivity contribution in [2.24, 2.45) is 0 Å². The van der Waals surface area contributed by atoms with Crippen LogP contribution >= 0.6 is 11.6 Å². The standard InChI is InChI=1S/C23H24ClNO5/c1-16-2-6-21(30-16)13-25(11-17-3-9-22-23(10-17)29-15-28-22)12-19(26)14-27-20-7-4-18(24)5-8-20/h2-10,19,26H,11-15H2,1H3/t19-/m1/s1. The van der Waals surface area contributed by atoms with Crippen molar-refractivity contribution in [1.82, 2.24) is 4.90 Å². The Morgan fingerprint density at radius 3 is 2.60 bits per heavy atom. The minimum atomic E-state index is -0.675. The van der Waals surface area contributed by atoms with Crippen molar-refractivity contribution >= 4 is 11.6 Å². The number of nitrogens with zero attached hydrogens (tertiary/aromatic N) is 1. The summed E-state index contributed by atoms with van der Waals surface area (Å²) in [4.78, 5) is 2.12. The average molecular weight is 430 g/mol. The number of aliphatic hydroxyl groups excluding tert-OH is 1. The zero-order valence-corrected chi connectivity index (χ0v) is 17.5. The zero-order chi connectivity index (χ0) is 20.9. The topological polar surface area (TPSA) is 64.3 Å². The van der Waals surface area contributed by atoms with Crippen LogP contribution in [0.1, 0.15) is 17.1 Å². The van der Waals surface area contributed by atoms with Gasteiger partial charge in [-0.15, -0.1) is 0 Å². The molecule has 2 aromatic carbocycles. The second-order valence-electron chi connectivity index (χ2n) is 7.29. The third-order valence-electron chi connectivity index (χ3n) is 4.74. The molecule has 1 N–H and O–H groups in total. The highest BCUT2D eigenvalue weighted by Gasteiger charge is 2.18. The molecule has 0 spiro atoms. The molecule has 0 aliphatic carbocycles. The number of aliphatic hydroxyl groups is 1. The molecule has 6 nitrogen and oxygen atoms in total. The lowest BCUT2D eigenvalue weighted by atomic mass is 10.1. The van der Waals surface area contributed by atoms with Crippen LogP contribution in [-0.4, -0.2) is 36.1 Å². The molecule has 4 rings (SSSR count). The van der Waals surface area contributed by atoms with Crippen LogP contribution in [-0.2, 0) is 13.1 Å². The average Bonchev–Trinajstić information content (AvgIpc) is 3.35. The van der Waals surface area contributed by atoms with E-state index in [-0.39, 0.29) is 13.4 Å². The van der Waals surface area contributed by atoms with E-state index in [0.717, 1.165) is 28.6 Å². The van der Waals surface area contributed by atoms with Crippen molar-refractivity contribution < 1.29 is 23.7 Å². The van der Waals surface area contributed by atoms with Crippen LogP contribution in [0.4, 0.5) is 0 Å². The van der Waals surface area contributed by atoms with Crippen molar-refractivity contribution in [1.29, 1.82) is 0 Å². The van der Waals surface area contributed by atoms with Crippen LogP contribution in [0.25, 0.3) is 0 Å². The molecular formula is C23H24ClNO5. The monoisotopic (exact) mass is 429 g/mol. The summed E-state index contributed by atoms with van der Waals surface area (Å²) in [6.45, 7) is 3.95. The van der Waals surface area contributed by atoms with Gasteiger partial charge in [0.2, 0.25) is 6.79 Å². The predicted octanol–water partition coefficient (Wildman–Crippen LogP) is 4.41. The SMILES string of the molecule is Cc1ccc(CN(Cc2ccc3c(c2)OCO3)C[C@@H](O)COc2ccc(Cl)cc2)o1. The Kier molecular flexibility index (Phi) is 6.47. The lowest BCUT2D eigenvalue weighted by Gasteiger charge is -2.24. The van der Waals surface area contributed by atoms with E-state index in [1.165, 1.54) is 0 Å². The van der Waals surface area contributed by atoms with Crippen LogP contribution in [0.15, 0.2) is 59.0 Å². The zero-order valence-electron chi connectivity index (χ0n) is 16.7. The Morgan fingerprint density at radius 2 is 1.83 bits per heavy atom. The number of fused-ring (bicyclic) bond motifs is 1. The van der Waals surface area contributed by atoms with Crippen LogP contribution < -0.4 is 14.2 Å². The lowest BCUT2D eigenvalue weighted by Crippen LogP contribution is -2.35. The summed E-state index contributed by atoms with van der Waals surface area (Å²) in [5, 5.41) is 11.2. The fourth-order valence-electron chi connectivity index (χ4n) is 3.35. The summed E-state index contributed by atoms with van der Waals surface area (Å²) in [5.74, 6) is 3.87. The summed E-state index contributed by atoms with van der Waals surface area (Å²) in [5.41, 5.74) is 1.06. The number of rotatable bonds is 9. The molecule has 7 heteroatoms. The molecule has 1 aliphatic heterocycles. The summed E-state index contributed by atoms with van der Waals surface area (Å²) >= 11 is 5.90. The fourth-order valence-corrected chi connectivity index (χ4v) is 3.47. The molecule has 0 unspecified atom stereocenters. The molecule has 1 atom stereocenters. The molecule has 0 amide bonds. The van der Waals surface area contributed by atoms with Crippen molar-refractivity contribution in [3.8, 4) is 17.2 Å². The lowest BCUT2D eigenvalue weighted by molar-refractivity contribution is 0.0603. The number of halogens is 1. The molecule has 3 aromatic rings. The smallest absolute Gasteiger partial charge is 0.231 e. The number of hydrogen-bond acceptors (Lipinski definition) is 6. The van der Waals surface area contributed by atoms with E-state index in [0.29, 0.717) is 30.4 Å². The molecule has 158 valence electrons. The molecule has 1 aromatic heterocycles. The number of furan rings is 1. The van der Waals surface area contributed by atoms with Gasteiger partial charge in [-0.25, -0.2) is 0 Å². The maximum Gasteiger partial charge on any atom is 0.231 e. The van der Waals surface area contributed by atoms with Gasteiger partial charge in [0.05, 0.1) is 6.54 Å². The second kappa shape index (κ2) is 9.43. The molecule has 0 bridgehead atoms. The van der Waals surface area contributed by atoms with Gasteiger partial charge in [-0.05, 0) is 61.0 Å². The third-order valence-corrected chi connectivity index (χ3v) is 5.00. The molecule has 0 saturated heterocycles. The molecule has 30 heavy (non-hydrogen) atoms. The Labute approximate surface area is 180 Å². The summed E-state index contributed by atoms with van der Waals surface area (Å²) in [7, 11) is 0. The van der Waals surface area contributed by atoms with E-state index in [9.17, 15) is 5.11 Å². The Morgan fingerprint density at radius 1 is 1.03 bits per heavy atom. The number of benzene rings is 2. The van der Waals surface area contributed by atoms with Crippen molar-refractivity contribution in [2.45, 2.75) is 26.1 Å². The van der Waals surface area contributed by atoms with Crippen LogP contribution in [0.2, 0.25) is 5.02 Å². The van der Waals surface area contributed by atoms with Crippen LogP contribution in [0, 0.1) is 6.92 Å². The molecule has 0 fully saturated rings. The summed E-state index contributed by atoms with van der Waals surface area (Å²) in [6, 6.07) is 16.9. The van der Waals surface area contributed by atoms with Crippen LogP contribution in [0.5, 0.6) is 17.2 Å². The molecule has 0 radical (unpaired) electrons. The van der Waals surface area contributed by atoms with Gasteiger partial charge in [-0.1, -0.05) is 17.7 Å². The normalized spacial score (nSPS) is 13.6. The first-order valence-corrected chi connectivity index (χ1v) is 10.2. The van der Waals surface area contributed by atoms with E-state index in [2.05, 4.69) is 4.90 Å². The van der Waals surface area contributed by atoms with Gasteiger partial charge < -0.3 is 23.7 Å². The first kappa shape index (κ1) is 20.6. The first-order chi connectivity index (χ1) is 14.5. The van der Waals surface area contributed by atoms with Crippen molar-refractivity contribution in [2.75, 3.05) is 19.9 Å². The van der Waals surface area contributed by atoms with Gasteiger partial charge in [-0.3, -0.25) is 4.90 Å². The largest absolute Gasteiger partial charge is 0.491 e. The van der Waals surface area contributed by atoms with Crippen molar-refractivity contribution in [3.63, 3.8) is 0 Å². The minimum absolute atomic E-state index is 0.177. The van der Waals surface area contributed by atoms with E-state index in [4.69, 9.17) is 30.2 Å². The third kappa shape index (κ3) is 5.48. The van der Waals surface area contributed by atoms with E-state index >= 15 is 0 Å². The Hall–Kier alpha value is -2.67. The molecule has 2 heterocycles. The Bertz CT molecular complexity index is 972. The van der Waals surface area contributed by atoms with Gasteiger partial charge >= 0.3 is 0 Å². The first-order valence-electron chi connectivity index (χ1n) is 9.78. The minimum Gasteiger partial charge on any atom is -0.491 e. The number of aryl methyl sites for hydroxylation is 1. The van der Waals surface area contributed by atoms with Crippen LogP contribution in [0.3, 0.4) is 0 Å². The Balaban J connectivity index is 1.40. The van der Waals surface area contributed by atoms with Gasteiger partial charge in [0.25, 0.3) is 0 Å². The van der Waals surface area contributed by atoms with Gasteiger partial charge in [0, 0.05) is 18.1 Å². The molecule has 1 aliphatic rings. The van der Waals surface area contributed by atoms with Crippen molar-refractivity contribution in [3.05, 3.63) is 76.7 Å². The maximum atomic E-state index is 10.6. The highest BCUT2D eigenvalue weighted by atomic mass is 35.5. The van der Waals surface area contributed by atoms with Gasteiger partial charge in [0.1, 0.15) is 30.0 Å².